The first-order chi connectivity index (χ1) is 6.68. The molecule has 0 radical (unpaired) electrons. The van der Waals surface area contributed by atoms with E-state index in [1.165, 1.54) is 0 Å². The largest absolute Gasteiger partial charge is 0.330 e. The normalized spacial score (nSPS) is 35.1. The molecule has 0 bridgehead atoms. The van der Waals surface area contributed by atoms with Crippen LogP contribution in [0.3, 0.4) is 0 Å². The van der Waals surface area contributed by atoms with E-state index in [9.17, 15) is 10.1 Å². The van der Waals surface area contributed by atoms with Crippen molar-refractivity contribution in [3.63, 3.8) is 0 Å². The molecule has 14 heavy (non-hydrogen) atoms. The number of rotatable bonds is 4. The number of fused-ring (bicyclic) bond motifs is 1. The first-order valence-corrected chi connectivity index (χ1v) is 4.53. The highest BCUT2D eigenvalue weighted by molar-refractivity contribution is 5.27. The zero-order chi connectivity index (χ0) is 10.2. The summed E-state index contributed by atoms with van der Waals surface area (Å²) in [6, 6.07) is 0. The highest BCUT2D eigenvalue weighted by atomic mass is 16.8. The van der Waals surface area contributed by atoms with Gasteiger partial charge in [0.2, 0.25) is 5.79 Å². The molecule has 0 aromatic heterocycles. The van der Waals surface area contributed by atoms with Crippen LogP contribution in [0.15, 0.2) is 24.3 Å². The second kappa shape index (κ2) is 3.18. The summed E-state index contributed by atoms with van der Waals surface area (Å²) in [6.45, 7) is 1.71. The van der Waals surface area contributed by atoms with E-state index < -0.39 is 16.9 Å². The van der Waals surface area contributed by atoms with Gasteiger partial charge in [-0.2, -0.15) is 0 Å². The Bertz CT molecular complexity index is 312. The second-order valence-corrected chi connectivity index (χ2v) is 3.27. The molecule has 5 nitrogen and oxygen atoms in total. The molecule has 1 aliphatic carbocycles. The zero-order valence-electron chi connectivity index (χ0n) is 7.75. The highest BCUT2D eigenvalue weighted by Gasteiger charge is 2.58. The van der Waals surface area contributed by atoms with Gasteiger partial charge in [0.1, 0.15) is 6.10 Å². The molecular weight excluding hydrogens is 186 g/mol. The standard InChI is InChI=1S/C9H11NO4/c1-2-8(10(11)12)14-9-6-4-3-5-7(9)13-9/h3-8H,2H2,1H3. The Labute approximate surface area is 81.1 Å². The van der Waals surface area contributed by atoms with Crippen LogP contribution in [0.1, 0.15) is 13.3 Å². The lowest BCUT2D eigenvalue weighted by molar-refractivity contribution is -0.583. The molecule has 1 fully saturated rings. The van der Waals surface area contributed by atoms with Gasteiger partial charge < -0.3 is 4.74 Å². The average Bonchev–Trinajstić information content (AvgIpc) is 2.88. The number of ether oxygens (including phenoxy) is 2. The van der Waals surface area contributed by atoms with Gasteiger partial charge in [-0.05, 0) is 12.2 Å². The molecule has 0 saturated carbocycles. The van der Waals surface area contributed by atoms with Crippen LogP contribution in [0.25, 0.3) is 0 Å². The Hall–Kier alpha value is -1.20. The smallest absolute Gasteiger partial charge is 0.317 e. The van der Waals surface area contributed by atoms with Crippen molar-refractivity contribution in [2.75, 3.05) is 0 Å². The Balaban J connectivity index is 2.01. The first kappa shape index (κ1) is 9.36. The maximum absolute atomic E-state index is 10.5. The molecule has 0 amide bonds. The molecule has 3 atom stereocenters. The molecule has 1 aliphatic heterocycles. The summed E-state index contributed by atoms with van der Waals surface area (Å²) in [5, 5.41) is 10.5. The molecule has 3 unspecified atom stereocenters. The lowest BCUT2D eigenvalue weighted by Crippen LogP contribution is -2.31. The molecule has 0 aromatic carbocycles. The molecular formula is C9H11NO4. The number of hydrogen-bond acceptors (Lipinski definition) is 4. The average molecular weight is 197 g/mol. The fraction of sp³-hybridized carbons (Fsp3) is 0.556. The van der Waals surface area contributed by atoms with Crippen LogP contribution in [-0.4, -0.2) is 23.0 Å². The van der Waals surface area contributed by atoms with Gasteiger partial charge in [-0.15, -0.1) is 0 Å². The van der Waals surface area contributed by atoms with Crippen molar-refractivity contribution in [1.29, 1.82) is 0 Å². The third-order valence-corrected chi connectivity index (χ3v) is 2.28. The van der Waals surface area contributed by atoms with Gasteiger partial charge in [-0.3, -0.25) is 14.9 Å². The summed E-state index contributed by atoms with van der Waals surface area (Å²) in [4.78, 5) is 10.1. The Morgan fingerprint density at radius 1 is 1.71 bits per heavy atom. The van der Waals surface area contributed by atoms with Crippen LogP contribution in [0.4, 0.5) is 0 Å². The molecule has 0 N–H and O–H groups in total. The van der Waals surface area contributed by atoms with E-state index in [-0.39, 0.29) is 6.10 Å². The van der Waals surface area contributed by atoms with E-state index in [1.54, 1.807) is 19.1 Å². The molecule has 1 saturated heterocycles. The molecule has 76 valence electrons. The van der Waals surface area contributed by atoms with Crippen LogP contribution in [0.5, 0.6) is 0 Å². The first-order valence-electron chi connectivity index (χ1n) is 4.53. The van der Waals surface area contributed by atoms with Crippen molar-refractivity contribution in [3.8, 4) is 0 Å². The van der Waals surface area contributed by atoms with E-state index in [2.05, 4.69) is 0 Å². The third-order valence-electron chi connectivity index (χ3n) is 2.28. The maximum Gasteiger partial charge on any atom is 0.317 e. The van der Waals surface area contributed by atoms with Crippen LogP contribution >= 0.6 is 0 Å². The van der Waals surface area contributed by atoms with Crippen LogP contribution in [0, 0.1) is 10.1 Å². The lowest BCUT2D eigenvalue weighted by atomic mass is 10.1. The maximum atomic E-state index is 10.5. The fourth-order valence-corrected chi connectivity index (χ4v) is 1.45. The number of hydrogen-bond donors (Lipinski definition) is 0. The van der Waals surface area contributed by atoms with Crippen molar-refractivity contribution < 1.29 is 14.4 Å². The topological polar surface area (TPSA) is 64.9 Å². The Morgan fingerprint density at radius 2 is 2.50 bits per heavy atom. The molecule has 0 aromatic rings. The minimum Gasteiger partial charge on any atom is -0.330 e. The third kappa shape index (κ3) is 1.44. The van der Waals surface area contributed by atoms with Crippen LogP contribution < -0.4 is 0 Å². The van der Waals surface area contributed by atoms with Gasteiger partial charge in [-0.1, -0.05) is 19.1 Å². The summed E-state index contributed by atoms with van der Waals surface area (Å²) in [5.41, 5.74) is 0. The number of nitro groups is 1. The van der Waals surface area contributed by atoms with Gasteiger partial charge in [0.05, 0.1) is 4.92 Å². The molecule has 2 rings (SSSR count). The second-order valence-electron chi connectivity index (χ2n) is 3.27. The predicted octanol–water partition coefficient (Wildman–Crippen LogP) is 1.24. The monoisotopic (exact) mass is 197 g/mol. The van der Waals surface area contributed by atoms with E-state index in [4.69, 9.17) is 9.47 Å². The van der Waals surface area contributed by atoms with E-state index in [1.807, 2.05) is 12.2 Å². The Morgan fingerprint density at radius 3 is 3.07 bits per heavy atom. The molecule has 0 spiro atoms. The minimum absolute atomic E-state index is 0.151. The zero-order valence-corrected chi connectivity index (χ0v) is 7.75. The number of allylic oxidation sites excluding steroid dienone is 2. The number of nitrogens with zero attached hydrogens (tertiary/aromatic N) is 1. The van der Waals surface area contributed by atoms with Crippen LogP contribution in [0.2, 0.25) is 0 Å². The predicted molar refractivity (Wildman–Crippen MR) is 48.0 cm³/mol. The van der Waals surface area contributed by atoms with E-state index in [0.717, 1.165) is 0 Å². The van der Waals surface area contributed by atoms with Gasteiger partial charge in [0.15, 0.2) is 0 Å². The molecule has 5 heteroatoms. The Kier molecular flexibility index (Phi) is 2.13. The summed E-state index contributed by atoms with van der Waals surface area (Å²) < 4.78 is 10.6. The van der Waals surface area contributed by atoms with E-state index in [0.29, 0.717) is 6.42 Å². The van der Waals surface area contributed by atoms with Crippen LogP contribution in [-0.2, 0) is 9.47 Å². The fourth-order valence-electron chi connectivity index (χ4n) is 1.45. The van der Waals surface area contributed by atoms with E-state index >= 15 is 0 Å². The van der Waals surface area contributed by atoms with Gasteiger partial charge in [0, 0.05) is 6.42 Å². The molecule has 2 aliphatic rings. The van der Waals surface area contributed by atoms with Crippen molar-refractivity contribution in [1.82, 2.24) is 0 Å². The summed E-state index contributed by atoms with van der Waals surface area (Å²) in [6.07, 6.45) is 6.35. The quantitative estimate of drug-likeness (QED) is 0.294. The van der Waals surface area contributed by atoms with Gasteiger partial charge in [-0.25, -0.2) is 0 Å². The number of epoxide rings is 1. The summed E-state index contributed by atoms with van der Waals surface area (Å²) in [5.74, 6) is -0.859. The van der Waals surface area contributed by atoms with Crippen molar-refractivity contribution in [2.45, 2.75) is 31.5 Å². The molecule has 1 heterocycles. The van der Waals surface area contributed by atoms with Gasteiger partial charge in [0.25, 0.3) is 0 Å². The summed E-state index contributed by atoms with van der Waals surface area (Å²) >= 11 is 0. The summed E-state index contributed by atoms with van der Waals surface area (Å²) in [7, 11) is 0. The SMILES string of the molecule is CCC(OC12C=CC=CC1O2)[N+](=O)[O-]. The van der Waals surface area contributed by atoms with Crippen molar-refractivity contribution in [3.05, 3.63) is 34.4 Å². The minimum atomic E-state index is -0.990. The lowest BCUT2D eigenvalue weighted by Gasteiger charge is -2.13. The highest BCUT2D eigenvalue weighted by Crippen LogP contribution is 2.43. The van der Waals surface area contributed by atoms with Crippen molar-refractivity contribution >= 4 is 0 Å². The van der Waals surface area contributed by atoms with Crippen molar-refractivity contribution in [2.24, 2.45) is 0 Å². The van der Waals surface area contributed by atoms with Gasteiger partial charge >= 0.3 is 6.23 Å².